The number of rotatable bonds is 4. The number of carbonyl (C=O) groups is 1. The molecule has 6 heteroatoms. The van der Waals surface area contributed by atoms with E-state index in [4.69, 9.17) is 0 Å². The topological polar surface area (TPSA) is 33.8 Å². The van der Waals surface area contributed by atoms with Crippen molar-refractivity contribution in [2.45, 2.75) is 6.54 Å². The third-order valence-corrected chi connectivity index (χ3v) is 3.93. The maximum absolute atomic E-state index is 12.8. The molecule has 0 radical (unpaired) electrons. The van der Waals surface area contributed by atoms with Crippen LogP contribution in [0.2, 0.25) is 0 Å². The molecule has 0 fully saturated rings. The van der Waals surface area contributed by atoms with Crippen LogP contribution in [0.1, 0.15) is 10.4 Å². The van der Waals surface area contributed by atoms with Crippen LogP contribution in [-0.4, -0.2) is 10.8 Å². The van der Waals surface area contributed by atoms with Crippen molar-refractivity contribution < 1.29 is 13.8 Å². The Morgan fingerprint density at radius 3 is 2.55 bits per heavy atom. The standard InChI is InChI=1S/C16H12FN2OS.BrH/c17-13-5-3-12(4-6-13)15(20)10-19-8-7-14(18-11-19)16-2-1-9-21-16;/h1-9,11H,10H2;1H/q+1;. The molecule has 1 aromatic carbocycles. The minimum absolute atomic E-state index is 0. The molecule has 3 nitrogen and oxygen atoms in total. The quantitative estimate of drug-likeness (QED) is 0.511. The van der Waals surface area contributed by atoms with Gasteiger partial charge in [0.2, 0.25) is 5.78 Å². The minimum Gasteiger partial charge on any atom is -0.290 e. The Kier molecular flexibility index (Phi) is 5.51. The third-order valence-electron chi connectivity index (χ3n) is 3.04. The van der Waals surface area contributed by atoms with Gasteiger partial charge in [0.1, 0.15) is 5.82 Å². The van der Waals surface area contributed by atoms with Gasteiger partial charge in [-0.05, 0) is 40.7 Å². The van der Waals surface area contributed by atoms with Crippen molar-refractivity contribution in [2.75, 3.05) is 0 Å². The van der Waals surface area contributed by atoms with E-state index in [1.807, 2.05) is 29.8 Å². The van der Waals surface area contributed by atoms with Gasteiger partial charge in [-0.1, -0.05) is 6.07 Å². The lowest BCUT2D eigenvalue weighted by Gasteiger charge is -2.00. The molecule has 0 atom stereocenters. The second kappa shape index (κ2) is 7.38. The molecule has 22 heavy (non-hydrogen) atoms. The summed E-state index contributed by atoms with van der Waals surface area (Å²) in [5.41, 5.74) is 1.38. The van der Waals surface area contributed by atoms with Gasteiger partial charge in [-0.15, -0.1) is 28.3 Å². The molecule has 112 valence electrons. The maximum Gasteiger partial charge on any atom is 0.287 e. The van der Waals surface area contributed by atoms with Crippen LogP contribution in [0.5, 0.6) is 0 Å². The summed E-state index contributed by atoms with van der Waals surface area (Å²) in [6.45, 7) is 0.184. The molecule has 3 aromatic rings. The fourth-order valence-electron chi connectivity index (χ4n) is 1.94. The van der Waals surface area contributed by atoms with E-state index in [-0.39, 0.29) is 35.1 Å². The van der Waals surface area contributed by atoms with Crippen LogP contribution in [-0.2, 0) is 6.54 Å². The van der Waals surface area contributed by atoms with Crippen LogP contribution < -0.4 is 4.57 Å². The van der Waals surface area contributed by atoms with E-state index in [0.717, 1.165) is 10.6 Å². The maximum atomic E-state index is 12.8. The van der Waals surface area contributed by atoms with Crippen LogP contribution in [0.4, 0.5) is 4.39 Å². The van der Waals surface area contributed by atoms with Crippen molar-refractivity contribution in [1.29, 1.82) is 0 Å². The molecule has 0 N–H and O–H groups in total. The summed E-state index contributed by atoms with van der Waals surface area (Å²) in [5.74, 6) is -0.424. The number of halogens is 2. The van der Waals surface area contributed by atoms with E-state index in [1.54, 1.807) is 22.2 Å². The van der Waals surface area contributed by atoms with Crippen molar-refractivity contribution in [1.82, 2.24) is 4.98 Å². The SMILES string of the molecule is Br.O=C(C[n+]1ccc(-c2cccs2)nc1)c1ccc(F)cc1. The van der Waals surface area contributed by atoms with E-state index >= 15 is 0 Å². The number of nitrogens with zero attached hydrogens (tertiary/aromatic N) is 2. The van der Waals surface area contributed by atoms with Gasteiger partial charge in [0, 0.05) is 11.6 Å². The molecule has 0 aliphatic carbocycles. The molecule has 2 heterocycles. The highest BCUT2D eigenvalue weighted by atomic mass is 79.9. The van der Waals surface area contributed by atoms with Gasteiger partial charge in [-0.25, -0.2) is 8.96 Å². The average Bonchev–Trinajstić information content (AvgIpc) is 3.03. The molecule has 0 saturated heterocycles. The second-order valence-corrected chi connectivity index (χ2v) is 5.47. The zero-order valence-corrected chi connectivity index (χ0v) is 14.0. The number of Topliss-reactive ketones (excluding diaryl/α,β-unsaturated/α-hetero) is 1. The molecule has 0 unspecified atom stereocenters. The smallest absolute Gasteiger partial charge is 0.287 e. The first-order valence-corrected chi connectivity index (χ1v) is 7.28. The average molecular weight is 380 g/mol. The molecular formula is C16H13BrFN2OS+. The summed E-state index contributed by atoms with van der Waals surface area (Å²) in [6.07, 6.45) is 3.46. The summed E-state index contributed by atoms with van der Waals surface area (Å²) < 4.78 is 14.5. The van der Waals surface area contributed by atoms with Crippen LogP contribution in [0.15, 0.2) is 60.4 Å². The number of hydrogen-bond donors (Lipinski definition) is 0. The molecule has 0 aliphatic rings. The lowest BCUT2D eigenvalue weighted by atomic mass is 10.1. The number of benzene rings is 1. The summed E-state index contributed by atoms with van der Waals surface area (Å²) in [5, 5.41) is 2.00. The predicted molar refractivity (Wildman–Crippen MR) is 88.8 cm³/mol. The van der Waals surface area contributed by atoms with Crippen molar-refractivity contribution in [2.24, 2.45) is 0 Å². The van der Waals surface area contributed by atoms with Crippen molar-refractivity contribution in [3.05, 3.63) is 71.7 Å². The highest BCUT2D eigenvalue weighted by Gasteiger charge is 2.12. The van der Waals surface area contributed by atoms with Gasteiger partial charge in [-0.2, -0.15) is 0 Å². The van der Waals surface area contributed by atoms with Gasteiger partial charge < -0.3 is 0 Å². The zero-order valence-electron chi connectivity index (χ0n) is 11.5. The fraction of sp³-hybridized carbons (Fsp3) is 0.0625. The van der Waals surface area contributed by atoms with Crippen molar-refractivity contribution >= 4 is 34.1 Å². The number of ketones is 1. The largest absolute Gasteiger partial charge is 0.290 e. The molecule has 0 saturated carbocycles. The van der Waals surface area contributed by atoms with Gasteiger partial charge >= 0.3 is 0 Å². The van der Waals surface area contributed by atoms with Crippen LogP contribution >= 0.6 is 28.3 Å². The van der Waals surface area contributed by atoms with Gasteiger partial charge in [0.15, 0.2) is 12.2 Å². The Hall–Kier alpha value is -1.92. The number of carbonyl (C=O) groups excluding carboxylic acids is 1. The highest BCUT2D eigenvalue weighted by Crippen LogP contribution is 2.20. The monoisotopic (exact) mass is 379 g/mol. The van der Waals surface area contributed by atoms with Gasteiger partial charge in [0.05, 0.1) is 11.1 Å². The number of hydrogen-bond acceptors (Lipinski definition) is 3. The van der Waals surface area contributed by atoms with Crippen molar-refractivity contribution in [3.63, 3.8) is 0 Å². The number of aromatic nitrogens is 2. The second-order valence-electron chi connectivity index (χ2n) is 4.53. The lowest BCUT2D eigenvalue weighted by molar-refractivity contribution is -0.686. The van der Waals surface area contributed by atoms with Crippen molar-refractivity contribution in [3.8, 4) is 10.6 Å². The first-order valence-electron chi connectivity index (χ1n) is 6.40. The molecule has 0 amide bonds. The summed E-state index contributed by atoms with van der Waals surface area (Å²) in [4.78, 5) is 17.5. The highest BCUT2D eigenvalue weighted by molar-refractivity contribution is 8.93. The van der Waals surface area contributed by atoms with E-state index in [0.29, 0.717) is 5.56 Å². The zero-order chi connectivity index (χ0) is 14.7. The predicted octanol–water partition coefficient (Wildman–Crippen LogP) is 3.70. The first kappa shape index (κ1) is 16.5. The minimum atomic E-state index is -0.346. The van der Waals surface area contributed by atoms with E-state index in [2.05, 4.69) is 4.98 Å². The molecule has 2 aromatic heterocycles. The Balaban J connectivity index is 0.00000176. The van der Waals surface area contributed by atoms with Gasteiger partial charge in [0.25, 0.3) is 6.33 Å². The van der Waals surface area contributed by atoms with Gasteiger partial charge in [-0.3, -0.25) is 4.79 Å². The van der Waals surface area contributed by atoms with E-state index in [9.17, 15) is 9.18 Å². The lowest BCUT2D eigenvalue weighted by Crippen LogP contribution is -2.37. The molecule has 0 aliphatic heterocycles. The van der Waals surface area contributed by atoms with E-state index in [1.165, 1.54) is 24.3 Å². The first-order chi connectivity index (χ1) is 10.2. The van der Waals surface area contributed by atoms with Crippen LogP contribution in [0.25, 0.3) is 10.6 Å². The number of thiophene rings is 1. The molecule has 0 spiro atoms. The summed E-state index contributed by atoms with van der Waals surface area (Å²) >= 11 is 1.62. The molecule has 0 bridgehead atoms. The van der Waals surface area contributed by atoms with E-state index < -0.39 is 0 Å². The Morgan fingerprint density at radius 1 is 1.18 bits per heavy atom. The summed E-state index contributed by atoms with van der Waals surface area (Å²) in [7, 11) is 0. The van der Waals surface area contributed by atoms with Crippen LogP contribution in [0.3, 0.4) is 0 Å². The summed E-state index contributed by atoms with van der Waals surface area (Å²) in [6, 6.07) is 11.4. The Bertz CT molecular complexity index is 743. The third kappa shape index (κ3) is 3.84. The molecular weight excluding hydrogens is 367 g/mol. The fourth-order valence-corrected chi connectivity index (χ4v) is 2.64. The Morgan fingerprint density at radius 2 is 1.95 bits per heavy atom. The Labute approximate surface area is 141 Å². The normalized spacial score (nSPS) is 10.0. The molecule has 3 rings (SSSR count). The van der Waals surface area contributed by atoms with Crippen LogP contribution in [0, 0.1) is 5.82 Å².